The van der Waals surface area contributed by atoms with E-state index in [1.54, 1.807) is 10.9 Å². The lowest BCUT2D eigenvalue weighted by Gasteiger charge is -2.19. The average molecular weight is 346 g/mol. The minimum atomic E-state index is -3.46. The van der Waals surface area contributed by atoms with Gasteiger partial charge in [-0.1, -0.05) is 30.3 Å². The lowest BCUT2D eigenvalue weighted by Crippen LogP contribution is -2.34. The second kappa shape index (κ2) is 5.98. The highest BCUT2D eigenvalue weighted by atomic mass is 32.2. The summed E-state index contributed by atoms with van der Waals surface area (Å²) < 4.78 is 29.4. The van der Waals surface area contributed by atoms with Crippen molar-refractivity contribution in [2.45, 2.75) is 31.0 Å². The largest absolute Gasteiger partial charge is 0.298 e. The molecule has 1 aliphatic heterocycles. The highest BCUT2D eigenvalue weighted by Gasteiger charge is 2.57. The van der Waals surface area contributed by atoms with Gasteiger partial charge in [-0.3, -0.25) is 9.58 Å². The Bertz CT molecular complexity index is 806. The number of aryl methyl sites for hydroxylation is 1. The van der Waals surface area contributed by atoms with Gasteiger partial charge in [0.2, 0.25) is 10.0 Å². The van der Waals surface area contributed by atoms with Crippen LogP contribution >= 0.6 is 0 Å². The summed E-state index contributed by atoms with van der Waals surface area (Å²) in [4.78, 5) is 2.67. The van der Waals surface area contributed by atoms with Gasteiger partial charge >= 0.3 is 0 Å². The Balaban J connectivity index is 1.33. The summed E-state index contributed by atoms with van der Waals surface area (Å²) in [7, 11) is -3.46. The topological polar surface area (TPSA) is 67.2 Å². The quantitative estimate of drug-likeness (QED) is 0.856. The molecule has 128 valence electrons. The molecule has 1 N–H and O–H groups in total. The third-order valence-corrected chi connectivity index (χ3v) is 6.47. The Morgan fingerprint density at radius 3 is 2.54 bits per heavy atom. The Hall–Kier alpha value is -1.70. The zero-order valence-corrected chi connectivity index (χ0v) is 14.5. The molecule has 2 atom stereocenters. The number of rotatable bonds is 6. The monoisotopic (exact) mass is 346 g/mol. The number of hydrogen-bond acceptors (Lipinski definition) is 4. The first-order valence-corrected chi connectivity index (χ1v) is 9.86. The summed E-state index contributed by atoms with van der Waals surface area (Å²) in [6.45, 7) is 5.46. The van der Waals surface area contributed by atoms with E-state index in [1.807, 2.05) is 13.0 Å². The zero-order valence-electron chi connectivity index (χ0n) is 13.7. The third-order valence-electron chi connectivity index (χ3n) is 5.05. The molecule has 2 aromatic rings. The molecule has 2 aliphatic rings. The lowest BCUT2D eigenvalue weighted by molar-refractivity contribution is 0.287. The molecule has 0 bridgehead atoms. The van der Waals surface area contributed by atoms with Crippen LogP contribution in [-0.4, -0.2) is 42.2 Å². The van der Waals surface area contributed by atoms with Crippen LogP contribution in [0.1, 0.15) is 12.5 Å². The highest BCUT2D eigenvalue weighted by molar-refractivity contribution is 7.89. The van der Waals surface area contributed by atoms with Gasteiger partial charge < -0.3 is 0 Å². The van der Waals surface area contributed by atoms with Crippen molar-refractivity contribution in [1.29, 1.82) is 0 Å². The molecule has 0 unspecified atom stereocenters. The lowest BCUT2D eigenvalue weighted by atomic mass is 10.2. The maximum Gasteiger partial charge on any atom is 0.243 e. The fraction of sp³-hybridized carbons (Fsp3) is 0.471. The number of piperidine rings is 1. The first-order valence-electron chi connectivity index (χ1n) is 8.38. The van der Waals surface area contributed by atoms with Crippen LogP contribution in [0.5, 0.6) is 0 Å². The molecular weight excluding hydrogens is 324 g/mol. The molecule has 0 spiro atoms. The summed E-state index contributed by atoms with van der Waals surface area (Å²) in [5.74, 6) is 0.870. The van der Waals surface area contributed by atoms with Crippen LogP contribution < -0.4 is 4.72 Å². The van der Waals surface area contributed by atoms with E-state index in [2.05, 4.69) is 39.0 Å². The van der Waals surface area contributed by atoms with Crippen molar-refractivity contribution in [3.63, 3.8) is 0 Å². The van der Waals surface area contributed by atoms with E-state index in [9.17, 15) is 8.42 Å². The average Bonchev–Trinajstić information content (AvgIpc) is 3.01. The summed E-state index contributed by atoms with van der Waals surface area (Å²) in [5, 5.41) is 4.05. The van der Waals surface area contributed by atoms with Gasteiger partial charge in [0.25, 0.3) is 0 Å². The molecule has 1 aromatic carbocycles. The van der Waals surface area contributed by atoms with Gasteiger partial charge in [0, 0.05) is 38.4 Å². The SMILES string of the molecule is CCn1cc(S(=O)(=O)NC2[C@@H]3CN(Cc4ccccc4)C[C@@H]23)cn1. The second-order valence-corrected chi connectivity index (χ2v) is 8.40. The van der Waals surface area contributed by atoms with Gasteiger partial charge in [0.15, 0.2) is 0 Å². The van der Waals surface area contributed by atoms with E-state index < -0.39 is 10.0 Å². The van der Waals surface area contributed by atoms with Crippen LogP contribution in [0.3, 0.4) is 0 Å². The standard InChI is InChI=1S/C17H22N4O2S/c1-2-21-10-14(8-18-21)24(22,23)19-17-15-11-20(12-16(15)17)9-13-6-4-3-5-7-13/h3-8,10,15-17,19H,2,9,11-12H2,1H3/t15-,16-/m1/s1. The van der Waals surface area contributed by atoms with Crippen LogP contribution in [0.15, 0.2) is 47.6 Å². The maximum atomic E-state index is 12.4. The predicted molar refractivity (Wildman–Crippen MR) is 90.7 cm³/mol. The van der Waals surface area contributed by atoms with Gasteiger partial charge in [-0.15, -0.1) is 0 Å². The molecular formula is C17H22N4O2S. The highest BCUT2D eigenvalue weighted by Crippen LogP contribution is 2.46. The number of sulfonamides is 1. The summed E-state index contributed by atoms with van der Waals surface area (Å²) in [5.41, 5.74) is 1.31. The molecule has 2 heterocycles. The number of nitrogens with one attached hydrogen (secondary N) is 1. The molecule has 1 aromatic heterocycles. The van der Waals surface area contributed by atoms with Crippen LogP contribution in [-0.2, 0) is 23.1 Å². The number of fused-ring (bicyclic) bond motifs is 1. The van der Waals surface area contributed by atoms with Gasteiger partial charge in [-0.05, 0) is 24.3 Å². The Labute approximate surface area is 142 Å². The van der Waals surface area contributed by atoms with E-state index in [0.717, 1.165) is 19.6 Å². The van der Waals surface area contributed by atoms with Crippen molar-refractivity contribution in [2.24, 2.45) is 11.8 Å². The first kappa shape index (κ1) is 15.8. The van der Waals surface area contributed by atoms with Crippen molar-refractivity contribution in [3.05, 3.63) is 48.3 Å². The Kier molecular flexibility index (Phi) is 3.94. The number of likely N-dealkylation sites (tertiary alicyclic amines) is 1. The number of aromatic nitrogens is 2. The van der Waals surface area contributed by atoms with Gasteiger partial charge in [0.1, 0.15) is 4.90 Å². The number of nitrogens with zero attached hydrogens (tertiary/aromatic N) is 3. The first-order chi connectivity index (χ1) is 11.6. The molecule has 1 saturated heterocycles. The molecule has 1 aliphatic carbocycles. The number of benzene rings is 1. The van der Waals surface area contributed by atoms with Gasteiger partial charge in [0.05, 0.1) is 6.20 Å². The van der Waals surface area contributed by atoms with E-state index in [4.69, 9.17) is 0 Å². The molecule has 0 radical (unpaired) electrons. The van der Waals surface area contributed by atoms with E-state index in [0.29, 0.717) is 18.4 Å². The summed E-state index contributed by atoms with van der Waals surface area (Å²) in [6.07, 6.45) is 3.01. The van der Waals surface area contributed by atoms with Crippen molar-refractivity contribution < 1.29 is 8.42 Å². The molecule has 7 heteroatoms. The fourth-order valence-corrected chi connectivity index (χ4v) is 4.95. The maximum absolute atomic E-state index is 12.4. The smallest absolute Gasteiger partial charge is 0.243 e. The third kappa shape index (κ3) is 2.99. The van der Waals surface area contributed by atoms with Crippen molar-refractivity contribution >= 4 is 10.0 Å². The van der Waals surface area contributed by atoms with Gasteiger partial charge in [-0.2, -0.15) is 5.10 Å². The molecule has 0 amide bonds. The summed E-state index contributed by atoms with van der Waals surface area (Å²) in [6, 6.07) is 10.5. The minimum Gasteiger partial charge on any atom is -0.298 e. The van der Waals surface area contributed by atoms with Crippen LogP contribution in [0, 0.1) is 11.8 Å². The van der Waals surface area contributed by atoms with E-state index in [-0.39, 0.29) is 10.9 Å². The minimum absolute atomic E-state index is 0.0759. The fourth-order valence-electron chi connectivity index (χ4n) is 3.66. The zero-order chi connectivity index (χ0) is 16.7. The van der Waals surface area contributed by atoms with E-state index in [1.165, 1.54) is 11.8 Å². The molecule has 24 heavy (non-hydrogen) atoms. The molecule has 6 nitrogen and oxygen atoms in total. The normalized spacial score (nSPS) is 26.5. The Morgan fingerprint density at radius 1 is 1.21 bits per heavy atom. The molecule has 4 rings (SSSR count). The molecule has 2 fully saturated rings. The van der Waals surface area contributed by atoms with Crippen molar-refractivity contribution in [2.75, 3.05) is 13.1 Å². The predicted octanol–water partition coefficient (Wildman–Crippen LogP) is 1.31. The summed E-state index contributed by atoms with van der Waals surface area (Å²) >= 11 is 0. The van der Waals surface area contributed by atoms with Crippen LogP contribution in [0.2, 0.25) is 0 Å². The number of hydrogen-bond donors (Lipinski definition) is 1. The second-order valence-electron chi connectivity index (χ2n) is 6.69. The van der Waals surface area contributed by atoms with Crippen molar-refractivity contribution in [1.82, 2.24) is 19.4 Å². The Morgan fingerprint density at radius 2 is 1.92 bits per heavy atom. The molecule has 1 saturated carbocycles. The van der Waals surface area contributed by atoms with Gasteiger partial charge in [-0.25, -0.2) is 13.1 Å². The van der Waals surface area contributed by atoms with E-state index >= 15 is 0 Å². The van der Waals surface area contributed by atoms with Crippen LogP contribution in [0.25, 0.3) is 0 Å². The van der Waals surface area contributed by atoms with Crippen molar-refractivity contribution in [3.8, 4) is 0 Å². The van der Waals surface area contributed by atoms with Crippen LogP contribution in [0.4, 0.5) is 0 Å².